The van der Waals surface area contributed by atoms with E-state index < -0.39 is 0 Å². The van der Waals surface area contributed by atoms with Crippen LogP contribution in [0.5, 0.6) is 11.5 Å². The Hall–Kier alpha value is -1.26. The third-order valence-corrected chi connectivity index (χ3v) is 2.98. The summed E-state index contributed by atoms with van der Waals surface area (Å²) in [6.07, 6.45) is 0. The number of fused-ring (bicyclic) bond motifs is 1. The van der Waals surface area contributed by atoms with Crippen molar-refractivity contribution in [3.63, 3.8) is 0 Å². The molecule has 0 saturated heterocycles. The van der Waals surface area contributed by atoms with Gasteiger partial charge in [-0.25, -0.2) is 0 Å². The first kappa shape index (κ1) is 12.2. The molecule has 0 saturated carbocycles. The lowest BCUT2D eigenvalue weighted by molar-refractivity contribution is 0.170. The Balaban J connectivity index is 2.13. The molecule has 0 amide bonds. The summed E-state index contributed by atoms with van der Waals surface area (Å²) in [6.45, 7) is 6.08. The molecule has 2 N–H and O–H groups in total. The zero-order chi connectivity index (χ0) is 12.3. The number of benzene rings is 1. The maximum absolute atomic E-state index is 8.97. The van der Waals surface area contributed by atoms with E-state index in [2.05, 4.69) is 5.32 Å². The van der Waals surface area contributed by atoms with Gasteiger partial charge in [-0.15, -0.1) is 0 Å². The molecule has 2 rings (SSSR count). The first-order valence-corrected chi connectivity index (χ1v) is 5.94. The van der Waals surface area contributed by atoms with E-state index in [1.54, 1.807) is 0 Å². The van der Waals surface area contributed by atoms with Crippen LogP contribution in [0.1, 0.15) is 18.1 Å². The van der Waals surface area contributed by atoms with Crippen molar-refractivity contribution in [1.29, 1.82) is 0 Å². The van der Waals surface area contributed by atoms with Gasteiger partial charge >= 0.3 is 0 Å². The van der Waals surface area contributed by atoms with Crippen LogP contribution in [0.15, 0.2) is 12.1 Å². The van der Waals surface area contributed by atoms with E-state index in [0.29, 0.717) is 13.2 Å². The molecule has 1 aliphatic rings. The van der Waals surface area contributed by atoms with Gasteiger partial charge in [0.2, 0.25) is 0 Å². The highest BCUT2D eigenvalue weighted by molar-refractivity contribution is 5.50. The number of hydrogen-bond donors (Lipinski definition) is 2. The van der Waals surface area contributed by atoms with Gasteiger partial charge in [0.15, 0.2) is 11.5 Å². The summed E-state index contributed by atoms with van der Waals surface area (Å²) < 4.78 is 11.1. The minimum Gasteiger partial charge on any atom is -0.486 e. The number of rotatable bonds is 4. The van der Waals surface area contributed by atoms with Gasteiger partial charge in [0.1, 0.15) is 13.2 Å². The SMILES string of the molecule is Cc1c(CNC(C)CO)ccc2c1OCCO2. The largest absolute Gasteiger partial charge is 0.486 e. The molecule has 4 nitrogen and oxygen atoms in total. The van der Waals surface area contributed by atoms with E-state index in [0.717, 1.165) is 23.6 Å². The van der Waals surface area contributed by atoms with Crippen LogP contribution >= 0.6 is 0 Å². The third kappa shape index (κ3) is 2.70. The smallest absolute Gasteiger partial charge is 0.164 e. The normalized spacial score (nSPS) is 15.7. The molecule has 1 unspecified atom stereocenters. The Labute approximate surface area is 102 Å². The number of hydrogen-bond acceptors (Lipinski definition) is 4. The Morgan fingerprint density at radius 1 is 1.35 bits per heavy atom. The number of ether oxygens (including phenoxy) is 2. The molecule has 1 heterocycles. The average molecular weight is 237 g/mol. The standard InChI is InChI=1S/C13H19NO3/c1-9(8-15)14-7-11-3-4-12-13(10(11)2)17-6-5-16-12/h3-4,9,14-15H,5-8H2,1-2H3. The zero-order valence-electron chi connectivity index (χ0n) is 10.3. The van der Waals surface area contributed by atoms with Crippen molar-refractivity contribution in [3.05, 3.63) is 23.3 Å². The van der Waals surface area contributed by atoms with Crippen LogP contribution < -0.4 is 14.8 Å². The Bertz CT molecular complexity index is 392. The topological polar surface area (TPSA) is 50.7 Å². The first-order valence-electron chi connectivity index (χ1n) is 5.94. The van der Waals surface area contributed by atoms with Gasteiger partial charge in [0.25, 0.3) is 0 Å². The second kappa shape index (κ2) is 5.38. The molecule has 1 atom stereocenters. The minimum absolute atomic E-state index is 0.0996. The molecule has 0 bridgehead atoms. The maximum atomic E-state index is 8.97. The van der Waals surface area contributed by atoms with Gasteiger partial charge in [-0.1, -0.05) is 6.07 Å². The monoisotopic (exact) mass is 237 g/mol. The van der Waals surface area contributed by atoms with E-state index in [4.69, 9.17) is 14.6 Å². The molecule has 94 valence electrons. The fourth-order valence-electron chi connectivity index (χ4n) is 1.84. The van der Waals surface area contributed by atoms with Crippen molar-refractivity contribution in [1.82, 2.24) is 5.32 Å². The molecule has 0 aromatic heterocycles. The highest BCUT2D eigenvalue weighted by atomic mass is 16.6. The fourth-order valence-corrected chi connectivity index (χ4v) is 1.84. The molecular formula is C13H19NO3. The van der Waals surface area contributed by atoms with E-state index in [-0.39, 0.29) is 12.6 Å². The summed E-state index contributed by atoms with van der Waals surface area (Å²) in [5.41, 5.74) is 2.29. The fraction of sp³-hybridized carbons (Fsp3) is 0.538. The lowest BCUT2D eigenvalue weighted by Gasteiger charge is -2.22. The molecule has 0 radical (unpaired) electrons. The van der Waals surface area contributed by atoms with Crippen LogP contribution in [-0.4, -0.2) is 31.0 Å². The minimum atomic E-state index is 0.0996. The van der Waals surface area contributed by atoms with Gasteiger partial charge in [0.05, 0.1) is 6.61 Å². The summed E-state index contributed by atoms with van der Waals surface area (Å²) >= 11 is 0. The molecule has 17 heavy (non-hydrogen) atoms. The van der Waals surface area contributed by atoms with Gasteiger partial charge in [-0.2, -0.15) is 0 Å². The Morgan fingerprint density at radius 3 is 2.88 bits per heavy atom. The van der Waals surface area contributed by atoms with Gasteiger partial charge in [0, 0.05) is 12.6 Å². The van der Waals surface area contributed by atoms with Crippen LogP contribution in [0.3, 0.4) is 0 Å². The average Bonchev–Trinajstić information content (AvgIpc) is 2.38. The van der Waals surface area contributed by atoms with Crippen molar-refractivity contribution < 1.29 is 14.6 Å². The molecule has 1 aromatic rings. The van der Waals surface area contributed by atoms with Crippen LogP contribution in [0.4, 0.5) is 0 Å². The summed E-state index contributed by atoms with van der Waals surface area (Å²) in [4.78, 5) is 0. The third-order valence-electron chi connectivity index (χ3n) is 2.98. The summed E-state index contributed by atoms with van der Waals surface area (Å²) in [7, 11) is 0. The number of aliphatic hydroxyl groups is 1. The van der Waals surface area contributed by atoms with Gasteiger partial charge < -0.3 is 19.9 Å². The Kier molecular flexibility index (Phi) is 3.86. The molecule has 4 heteroatoms. The summed E-state index contributed by atoms with van der Waals surface area (Å²) in [5, 5.41) is 12.2. The molecule has 0 aliphatic carbocycles. The van der Waals surface area contributed by atoms with Crippen molar-refractivity contribution >= 4 is 0 Å². The second-order valence-corrected chi connectivity index (χ2v) is 4.34. The van der Waals surface area contributed by atoms with Crippen molar-refractivity contribution in [2.45, 2.75) is 26.4 Å². The summed E-state index contributed by atoms with van der Waals surface area (Å²) in [6, 6.07) is 4.09. The lowest BCUT2D eigenvalue weighted by Crippen LogP contribution is -2.29. The van der Waals surface area contributed by atoms with E-state index >= 15 is 0 Å². The predicted octanol–water partition coefficient (Wildman–Crippen LogP) is 1.24. The van der Waals surface area contributed by atoms with Crippen LogP contribution in [0.25, 0.3) is 0 Å². The highest BCUT2D eigenvalue weighted by Crippen LogP contribution is 2.35. The van der Waals surface area contributed by atoms with E-state index in [9.17, 15) is 0 Å². The predicted molar refractivity (Wildman–Crippen MR) is 65.6 cm³/mol. The molecular weight excluding hydrogens is 218 g/mol. The highest BCUT2D eigenvalue weighted by Gasteiger charge is 2.16. The quantitative estimate of drug-likeness (QED) is 0.827. The van der Waals surface area contributed by atoms with Crippen LogP contribution in [0, 0.1) is 6.92 Å². The maximum Gasteiger partial charge on any atom is 0.164 e. The lowest BCUT2D eigenvalue weighted by atomic mass is 10.1. The van der Waals surface area contributed by atoms with E-state index in [1.165, 1.54) is 5.56 Å². The number of nitrogens with one attached hydrogen (secondary N) is 1. The van der Waals surface area contributed by atoms with Crippen molar-refractivity contribution in [2.75, 3.05) is 19.8 Å². The van der Waals surface area contributed by atoms with Crippen LogP contribution in [0.2, 0.25) is 0 Å². The van der Waals surface area contributed by atoms with Crippen LogP contribution in [-0.2, 0) is 6.54 Å². The van der Waals surface area contributed by atoms with Gasteiger partial charge in [-0.3, -0.25) is 0 Å². The molecule has 1 aliphatic heterocycles. The zero-order valence-corrected chi connectivity index (χ0v) is 10.3. The van der Waals surface area contributed by atoms with E-state index in [1.807, 2.05) is 26.0 Å². The number of aliphatic hydroxyl groups excluding tert-OH is 1. The summed E-state index contributed by atoms with van der Waals surface area (Å²) in [5.74, 6) is 1.68. The van der Waals surface area contributed by atoms with Crippen molar-refractivity contribution in [2.24, 2.45) is 0 Å². The molecule has 1 aromatic carbocycles. The van der Waals surface area contributed by atoms with Gasteiger partial charge in [-0.05, 0) is 31.0 Å². The molecule has 0 fully saturated rings. The first-order chi connectivity index (χ1) is 8.22. The Morgan fingerprint density at radius 2 is 2.12 bits per heavy atom. The second-order valence-electron chi connectivity index (χ2n) is 4.34. The van der Waals surface area contributed by atoms with Crippen molar-refractivity contribution in [3.8, 4) is 11.5 Å². The molecule has 0 spiro atoms.